The maximum atomic E-state index is 12.2. The molecule has 0 spiro atoms. The normalized spacial score (nSPS) is 18.6. The molecular formula is C20H25N5O4S. The fourth-order valence-electron chi connectivity index (χ4n) is 3.07. The molecule has 2 aromatic rings. The summed E-state index contributed by atoms with van der Waals surface area (Å²) in [4.78, 5) is 35.4. The van der Waals surface area contributed by atoms with Gasteiger partial charge in [-0.15, -0.1) is 10.2 Å². The number of carbonyl (C=O) groups excluding carboxylic acids is 3. The predicted molar refractivity (Wildman–Crippen MR) is 112 cm³/mol. The Balaban J connectivity index is 1.46. The molecule has 2 heterocycles. The van der Waals surface area contributed by atoms with Crippen LogP contribution in [0.3, 0.4) is 0 Å². The summed E-state index contributed by atoms with van der Waals surface area (Å²) in [6.45, 7) is 3.90. The third-order valence-electron chi connectivity index (χ3n) is 4.76. The molecule has 0 radical (unpaired) electrons. The van der Waals surface area contributed by atoms with Crippen LogP contribution in [0.5, 0.6) is 0 Å². The summed E-state index contributed by atoms with van der Waals surface area (Å²) in [5, 5.41) is 15.8. The van der Waals surface area contributed by atoms with Crippen molar-refractivity contribution in [1.82, 2.24) is 20.8 Å². The molecule has 9 nitrogen and oxygen atoms in total. The van der Waals surface area contributed by atoms with Crippen LogP contribution in [0, 0.1) is 5.92 Å². The number of benzene rings is 1. The molecule has 3 rings (SSSR count). The molecule has 1 fully saturated rings. The summed E-state index contributed by atoms with van der Waals surface area (Å²) < 4.78 is 5.53. The van der Waals surface area contributed by atoms with Crippen LogP contribution in [0.1, 0.15) is 38.1 Å². The van der Waals surface area contributed by atoms with Crippen LogP contribution in [-0.2, 0) is 22.4 Å². The third kappa shape index (κ3) is 6.06. The zero-order valence-electron chi connectivity index (χ0n) is 16.9. The largest absolute Gasteiger partial charge is 0.416 e. The van der Waals surface area contributed by atoms with Crippen LogP contribution in [0.2, 0.25) is 0 Å². The van der Waals surface area contributed by atoms with Crippen molar-refractivity contribution in [1.29, 1.82) is 0 Å². The minimum absolute atomic E-state index is 0.121. The van der Waals surface area contributed by atoms with Crippen LogP contribution in [-0.4, -0.2) is 39.8 Å². The molecule has 30 heavy (non-hydrogen) atoms. The van der Waals surface area contributed by atoms with Gasteiger partial charge in [0.25, 0.3) is 5.22 Å². The topological polar surface area (TPSA) is 126 Å². The lowest BCUT2D eigenvalue weighted by molar-refractivity contribution is -0.125. The van der Waals surface area contributed by atoms with Crippen molar-refractivity contribution in [3.05, 3.63) is 35.7 Å². The van der Waals surface area contributed by atoms with E-state index in [-0.39, 0.29) is 41.1 Å². The van der Waals surface area contributed by atoms with Crippen LogP contribution in [0.25, 0.3) is 0 Å². The fourth-order valence-corrected chi connectivity index (χ4v) is 3.65. The van der Waals surface area contributed by atoms with E-state index >= 15 is 0 Å². The van der Waals surface area contributed by atoms with Crippen molar-refractivity contribution in [2.24, 2.45) is 5.92 Å². The van der Waals surface area contributed by atoms with Gasteiger partial charge < -0.3 is 15.1 Å². The highest BCUT2D eigenvalue weighted by atomic mass is 32.2. The van der Waals surface area contributed by atoms with Crippen LogP contribution in [0.15, 0.2) is 33.9 Å². The maximum Gasteiger partial charge on any atom is 0.321 e. The minimum atomic E-state index is -0.507. The Bertz CT molecular complexity index is 899. The molecule has 0 bridgehead atoms. The lowest BCUT2D eigenvalue weighted by atomic mass is 9.95. The zero-order chi connectivity index (χ0) is 21.5. The second-order valence-corrected chi connectivity index (χ2v) is 8.09. The van der Waals surface area contributed by atoms with Crippen molar-refractivity contribution < 1.29 is 18.8 Å². The van der Waals surface area contributed by atoms with Gasteiger partial charge in [0.05, 0.1) is 11.7 Å². The molecule has 2 unspecified atom stereocenters. The molecule has 0 aliphatic carbocycles. The van der Waals surface area contributed by atoms with Gasteiger partial charge in [-0.1, -0.05) is 37.2 Å². The molecule has 3 N–H and O–H groups in total. The van der Waals surface area contributed by atoms with Crippen molar-refractivity contribution >= 4 is 35.3 Å². The molecule has 1 aromatic carbocycles. The van der Waals surface area contributed by atoms with Crippen molar-refractivity contribution in [2.75, 3.05) is 11.1 Å². The molecule has 2 atom stereocenters. The number of thioether (sulfide) groups is 1. The molecule has 4 amide bonds. The van der Waals surface area contributed by atoms with Gasteiger partial charge in [-0.25, -0.2) is 4.79 Å². The second kappa shape index (κ2) is 10.2. The summed E-state index contributed by atoms with van der Waals surface area (Å²) in [6, 6.07) is 6.99. The molecule has 1 aliphatic heterocycles. The number of urea groups is 1. The average Bonchev–Trinajstić information content (AvgIpc) is 3.16. The molecule has 1 aliphatic rings. The average molecular weight is 432 g/mol. The summed E-state index contributed by atoms with van der Waals surface area (Å²) >= 11 is 1.12. The second-order valence-electron chi connectivity index (χ2n) is 7.16. The molecule has 1 saturated heterocycles. The Labute approximate surface area is 178 Å². The van der Waals surface area contributed by atoms with E-state index in [2.05, 4.69) is 33.1 Å². The van der Waals surface area contributed by atoms with Gasteiger partial charge in [-0.3, -0.25) is 14.9 Å². The standard InChI is InChI=1S/C20H25N5O4S/c1-3-4-5-13-6-8-14(9-7-13)22-16(26)11-30-20-25-24-17(29-20)10-15-12(2)21-19(28)23-18(15)27/h6-9,12,15H,3-5,10-11H2,1-2H3,(H,22,26)(H2,21,23,27,28). The Hall–Kier alpha value is -2.88. The number of unbranched alkanes of at least 4 members (excludes halogenated alkanes) is 1. The van der Waals surface area contributed by atoms with Gasteiger partial charge in [-0.2, -0.15) is 0 Å². The number of rotatable bonds is 9. The maximum absolute atomic E-state index is 12.2. The first-order valence-corrected chi connectivity index (χ1v) is 10.9. The number of aromatic nitrogens is 2. The minimum Gasteiger partial charge on any atom is -0.416 e. The summed E-state index contributed by atoms with van der Waals surface area (Å²) in [6.07, 6.45) is 3.54. The lowest BCUT2D eigenvalue weighted by Crippen LogP contribution is -2.57. The van der Waals surface area contributed by atoms with Gasteiger partial charge >= 0.3 is 6.03 Å². The number of amides is 4. The first kappa shape index (κ1) is 21.8. The number of hydrogen-bond acceptors (Lipinski definition) is 7. The number of nitrogens with zero attached hydrogens (tertiary/aromatic N) is 2. The number of nitrogens with one attached hydrogen (secondary N) is 3. The van der Waals surface area contributed by atoms with E-state index in [1.807, 2.05) is 24.3 Å². The van der Waals surface area contributed by atoms with Gasteiger partial charge in [0, 0.05) is 18.2 Å². The van der Waals surface area contributed by atoms with E-state index in [9.17, 15) is 14.4 Å². The zero-order valence-corrected chi connectivity index (χ0v) is 17.8. The number of anilines is 1. The highest BCUT2D eigenvalue weighted by Gasteiger charge is 2.34. The summed E-state index contributed by atoms with van der Waals surface area (Å²) in [5.74, 6) is -0.647. The molecular weight excluding hydrogens is 406 g/mol. The molecule has 160 valence electrons. The number of hydrogen-bond donors (Lipinski definition) is 3. The first-order chi connectivity index (χ1) is 14.4. The van der Waals surface area contributed by atoms with Crippen molar-refractivity contribution in [2.45, 2.75) is 50.8 Å². The Morgan fingerprint density at radius 3 is 2.70 bits per heavy atom. The first-order valence-electron chi connectivity index (χ1n) is 9.90. The summed E-state index contributed by atoms with van der Waals surface area (Å²) in [7, 11) is 0. The van der Waals surface area contributed by atoms with E-state index in [0.717, 1.165) is 36.7 Å². The Morgan fingerprint density at radius 1 is 1.23 bits per heavy atom. The van der Waals surface area contributed by atoms with Gasteiger partial charge in [0.2, 0.25) is 17.7 Å². The molecule has 10 heteroatoms. The van der Waals surface area contributed by atoms with Gasteiger partial charge in [-0.05, 0) is 37.5 Å². The van der Waals surface area contributed by atoms with E-state index in [1.54, 1.807) is 6.92 Å². The predicted octanol–water partition coefficient (Wildman–Crippen LogP) is 2.53. The van der Waals surface area contributed by atoms with E-state index in [4.69, 9.17) is 4.42 Å². The smallest absolute Gasteiger partial charge is 0.321 e. The van der Waals surface area contributed by atoms with Crippen LogP contribution >= 0.6 is 11.8 Å². The Kier molecular flexibility index (Phi) is 7.45. The molecule has 0 saturated carbocycles. The monoisotopic (exact) mass is 431 g/mol. The highest BCUT2D eigenvalue weighted by Crippen LogP contribution is 2.20. The quantitative estimate of drug-likeness (QED) is 0.521. The van der Waals surface area contributed by atoms with Crippen LogP contribution in [0.4, 0.5) is 10.5 Å². The van der Waals surface area contributed by atoms with Crippen molar-refractivity contribution in [3.63, 3.8) is 0 Å². The fraction of sp³-hybridized carbons (Fsp3) is 0.450. The van der Waals surface area contributed by atoms with Gasteiger partial charge in [0.1, 0.15) is 0 Å². The highest BCUT2D eigenvalue weighted by molar-refractivity contribution is 7.99. The number of carbonyl (C=O) groups is 3. The van der Waals surface area contributed by atoms with E-state index < -0.39 is 11.9 Å². The van der Waals surface area contributed by atoms with Crippen molar-refractivity contribution in [3.8, 4) is 0 Å². The number of imide groups is 1. The lowest BCUT2D eigenvalue weighted by Gasteiger charge is -2.27. The van der Waals surface area contributed by atoms with E-state index in [0.29, 0.717) is 0 Å². The summed E-state index contributed by atoms with van der Waals surface area (Å²) in [5.41, 5.74) is 1.99. The van der Waals surface area contributed by atoms with E-state index in [1.165, 1.54) is 5.56 Å². The molecule has 1 aromatic heterocycles. The number of aryl methyl sites for hydroxylation is 1. The Morgan fingerprint density at radius 2 is 2.00 bits per heavy atom. The SMILES string of the molecule is CCCCc1ccc(NC(=O)CSc2nnc(CC3C(=O)NC(=O)NC3C)o2)cc1. The van der Waals surface area contributed by atoms with Gasteiger partial charge in [0.15, 0.2) is 0 Å². The van der Waals surface area contributed by atoms with Crippen LogP contribution < -0.4 is 16.0 Å². The third-order valence-corrected chi connectivity index (χ3v) is 5.58.